The van der Waals surface area contributed by atoms with Gasteiger partial charge in [-0.15, -0.1) is 0 Å². The number of urea groups is 1. The van der Waals surface area contributed by atoms with Crippen LogP contribution >= 0.6 is 0 Å². The molecule has 1 aromatic heterocycles. The van der Waals surface area contributed by atoms with Crippen molar-refractivity contribution in [2.24, 2.45) is 5.92 Å². The number of nitrogens with one attached hydrogen (secondary N) is 3. The molecule has 8 heteroatoms. The second kappa shape index (κ2) is 6.67. The first kappa shape index (κ1) is 16.1. The maximum absolute atomic E-state index is 12.6. The highest BCUT2D eigenvalue weighted by Gasteiger charge is 2.31. The van der Waals surface area contributed by atoms with Gasteiger partial charge < -0.3 is 15.6 Å². The van der Waals surface area contributed by atoms with E-state index in [-0.39, 0.29) is 0 Å². The van der Waals surface area contributed by atoms with Gasteiger partial charge in [-0.05, 0) is 31.2 Å². The summed E-state index contributed by atoms with van der Waals surface area (Å²) < 4.78 is 37.7. The van der Waals surface area contributed by atoms with Crippen molar-refractivity contribution in [1.29, 1.82) is 0 Å². The molecule has 0 aromatic carbocycles. The molecule has 0 saturated heterocycles. The average Bonchev–Trinajstić information content (AvgIpc) is 2.47. The first-order valence-corrected chi connectivity index (χ1v) is 6.86. The van der Waals surface area contributed by atoms with Crippen molar-refractivity contribution in [3.8, 4) is 0 Å². The van der Waals surface area contributed by atoms with Crippen LogP contribution in [0.25, 0.3) is 0 Å². The van der Waals surface area contributed by atoms with E-state index in [9.17, 15) is 22.8 Å². The lowest BCUT2D eigenvalue weighted by atomic mass is 9.94. The Labute approximate surface area is 124 Å². The molecule has 1 heterocycles. The maximum Gasteiger partial charge on any atom is 0.417 e. The van der Waals surface area contributed by atoms with Gasteiger partial charge >= 0.3 is 12.2 Å². The molecule has 0 aliphatic heterocycles. The molecule has 120 valence electrons. The number of hydrogen-bond acceptors (Lipinski definition) is 2. The van der Waals surface area contributed by atoms with E-state index in [1.807, 2.05) is 11.1 Å². The van der Waals surface area contributed by atoms with Gasteiger partial charge in [0.25, 0.3) is 5.56 Å². The summed E-state index contributed by atoms with van der Waals surface area (Å²) in [5, 5.41) is 4.72. The van der Waals surface area contributed by atoms with Crippen molar-refractivity contribution in [3.63, 3.8) is 0 Å². The molecule has 0 saturated carbocycles. The van der Waals surface area contributed by atoms with E-state index in [4.69, 9.17) is 0 Å². The van der Waals surface area contributed by atoms with Crippen molar-refractivity contribution >= 4 is 11.7 Å². The predicted octanol–water partition coefficient (Wildman–Crippen LogP) is 2.87. The molecule has 0 bridgehead atoms. The van der Waals surface area contributed by atoms with Crippen LogP contribution < -0.4 is 16.2 Å². The van der Waals surface area contributed by atoms with E-state index in [0.717, 1.165) is 19.3 Å². The number of carbonyl (C=O) groups is 1. The van der Waals surface area contributed by atoms with Crippen LogP contribution in [0.4, 0.5) is 23.7 Å². The van der Waals surface area contributed by atoms with E-state index in [1.165, 1.54) is 0 Å². The first-order valence-electron chi connectivity index (χ1n) is 6.86. The summed E-state index contributed by atoms with van der Waals surface area (Å²) in [7, 11) is 0. The third kappa shape index (κ3) is 4.37. The van der Waals surface area contributed by atoms with Crippen LogP contribution in [0, 0.1) is 5.92 Å². The molecule has 1 aliphatic rings. The zero-order valence-electron chi connectivity index (χ0n) is 11.7. The Morgan fingerprint density at radius 3 is 2.77 bits per heavy atom. The molecule has 5 nitrogen and oxygen atoms in total. The molecular weight excluding hydrogens is 299 g/mol. The van der Waals surface area contributed by atoms with Crippen molar-refractivity contribution in [2.75, 3.05) is 11.9 Å². The van der Waals surface area contributed by atoms with E-state index >= 15 is 0 Å². The number of carbonyl (C=O) groups excluding carboxylic acids is 1. The normalized spacial score (nSPS) is 18.0. The Balaban J connectivity index is 1.96. The van der Waals surface area contributed by atoms with Gasteiger partial charge in [-0.3, -0.25) is 4.79 Å². The van der Waals surface area contributed by atoms with Gasteiger partial charge in [-0.25, -0.2) is 4.79 Å². The van der Waals surface area contributed by atoms with Crippen LogP contribution in [0.5, 0.6) is 0 Å². The van der Waals surface area contributed by atoms with Gasteiger partial charge in [0.15, 0.2) is 0 Å². The van der Waals surface area contributed by atoms with E-state index in [1.54, 1.807) is 0 Å². The van der Waals surface area contributed by atoms with E-state index in [0.29, 0.717) is 24.7 Å². The number of hydrogen-bond donors (Lipinski definition) is 3. The monoisotopic (exact) mass is 315 g/mol. The fraction of sp³-hybridized carbons (Fsp3) is 0.429. The Bertz CT molecular complexity index is 622. The number of allylic oxidation sites excluding steroid dienone is 2. The van der Waals surface area contributed by atoms with Crippen molar-refractivity contribution < 1.29 is 18.0 Å². The van der Waals surface area contributed by atoms with Crippen LogP contribution in [-0.4, -0.2) is 17.6 Å². The first-order chi connectivity index (χ1) is 10.4. The van der Waals surface area contributed by atoms with Gasteiger partial charge in [0.05, 0.1) is 5.56 Å². The smallest absolute Gasteiger partial charge is 0.338 e. The molecule has 3 N–H and O–H groups in total. The zero-order chi connectivity index (χ0) is 16.2. The Morgan fingerprint density at radius 2 is 2.14 bits per heavy atom. The number of halogens is 3. The van der Waals surface area contributed by atoms with Gasteiger partial charge in [0.1, 0.15) is 5.69 Å². The number of amides is 2. The molecule has 22 heavy (non-hydrogen) atoms. The van der Waals surface area contributed by atoms with Gasteiger partial charge in [0.2, 0.25) is 0 Å². The largest absolute Gasteiger partial charge is 0.417 e. The van der Waals surface area contributed by atoms with Crippen LogP contribution in [0.3, 0.4) is 0 Å². The second-order valence-corrected chi connectivity index (χ2v) is 5.11. The molecule has 0 fully saturated rings. The molecule has 2 amide bonds. The minimum atomic E-state index is -4.59. The topological polar surface area (TPSA) is 74.0 Å². The Hall–Kier alpha value is -2.25. The summed E-state index contributed by atoms with van der Waals surface area (Å²) in [6.07, 6.45) is 2.82. The van der Waals surface area contributed by atoms with Crippen LogP contribution in [0.1, 0.15) is 24.8 Å². The van der Waals surface area contributed by atoms with Crippen molar-refractivity contribution in [2.45, 2.75) is 25.4 Å². The molecule has 1 aliphatic carbocycles. The Morgan fingerprint density at radius 1 is 1.36 bits per heavy atom. The predicted molar refractivity (Wildman–Crippen MR) is 75.6 cm³/mol. The van der Waals surface area contributed by atoms with Gasteiger partial charge in [0, 0.05) is 12.7 Å². The highest BCUT2D eigenvalue weighted by Crippen LogP contribution is 2.29. The molecule has 1 atom stereocenters. The second-order valence-electron chi connectivity index (χ2n) is 5.11. The summed E-state index contributed by atoms with van der Waals surface area (Å²) in [6, 6.07) is -0.0822. The molecule has 2 rings (SSSR count). The molecular formula is C14H16F3N3O2. The van der Waals surface area contributed by atoms with E-state index < -0.39 is 29.0 Å². The number of pyridine rings is 1. The summed E-state index contributed by atoms with van der Waals surface area (Å²) >= 11 is 0. The maximum atomic E-state index is 12.6. The van der Waals surface area contributed by atoms with E-state index in [2.05, 4.69) is 16.7 Å². The average molecular weight is 315 g/mol. The number of alkyl halides is 3. The van der Waals surface area contributed by atoms with Gasteiger partial charge in [-0.1, -0.05) is 12.2 Å². The fourth-order valence-corrected chi connectivity index (χ4v) is 2.19. The number of aromatic amines is 1. The molecule has 0 radical (unpaired) electrons. The molecule has 0 spiro atoms. The number of H-pyrrole nitrogens is 1. The highest BCUT2D eigenvalue weighted by molar-refractivity contribution is 5.89. The van der Waals surface area contributed by atoms with Crippen molar-refractivity contribution in [1.82, 2.24) is 10.3 Å². The summed E-state index contributed by atoms with van der Waals surface area (Å²) in [4.78, 5) is 25.1. The summed E-state index contributed by atoms with van der Waals surface area (Å²) in [6.45, 7) is 0.410. The lowest BCUT2D eigenvalue weighted by Gasteiger charge is -2.18. The fourth-order valence-electron chi connectivity index (χ4n) is 2.19. The SMILES string of the molecule is O=C(NCC1CC=CCC1)Nc1cc(C(F)(F)F)c[nH]c1=O. The molecule has 1 unspecified atom stereocenters. The lowest BCUT2D eigenvalue weighted by molar-refractivity contribution is -0.137. The Kier molecular flexibility index (Phi) is 4.89. The number of rotatable bonds is 3. The zero-order valence-corrected chi connectivity index (χ0v) is 11.7. The highest BCUT2D eigenvalue weighted by atomic mass is 19.4. The number of anilines is 1. The standard InChI is InChI=1S/C14H16F3N3O2/c15-14(16,17)10-6-11(12(21)18-8-10)20-13(22)19-7-9-4-2-1-3-5-9/h1-2,6,8-9H,3-5,7H2,(H,18,21)(H2,19,20,22). The van der Waals surface area contributed by atoms with Crippen LogP contribution in [-0.2, 0) is 6.18 Å². The summed E-state index contributed by atoms with van der Waals surface area (Å²) in [5.74, 6) is 0.301. The van der Waals surface area contributed by atoms with Crippen LogP contribution in [0.2, 0.25) is 0 Å². The van der Waals surface area contributed by atoms with Crippen LogP contribution in [0.15, 0.2) is 29.2 Å². The third-order valence-corrected chi connectivity index (χ3v) is 3.41. The third-order valence-electron chi connectivity index (χ3n) is 3.41. The van der Waals surface area contributed by atoms with Crippen molar-refractivity contribution in [3.05, 3.63) is 40.3 Å². The minimum absolute atomic E-state index is 0.301. The van der Waals surface area contributed by atoms with Gasteiger partial charge in [-0.2, -0.15) is 13.2 Å². The molecule has 1 aromatic rings. The number of aromatic nitrogens is 1. The minimum Gasteiger partial charge on any atom is -0.338 e. The lowest BCUT2D eigenvalue weighted by Crippen LogP contribution is -2.35. The summed E-state index contributed by atoms with van der Waals surface area (Å²) in [5.41, 5.74) is -2.25. The quantitative estimate of drug-likeness (QED) is 0.750.